The molecule has 7 nitrogen and oxygen atoms in total. The lowest BCUT2D eigenvalue weighted by Gasteiger charge is -2.22. The maximum Gasteiger partial charge on any atom is 0.249 e. The summed E-state index contributed by atoms with van der Waals surface area (Å²) in [7, 11) is 0. The Morgan fingerprint density at radius 1 is 1.56 bits per heavy atom. The average molecular weight is 265 g/mol. The smallest absolute Gasteiger partial charge is 0.249 e. The average Bonchev–Trinajstić information content (AvgIpc) is 2.33. The third-order valence-corrected chi connectivity index (χ3v) is 2.76. The van der Waals surface area contributed by atoms with Crippen molar-refractivity contribution >= 4 is 34.8 Å². The fourth-order valence-electron chi connectivity index (χ4n) is 1.63. The van der Waals surface area contributed by atoms with E-state index in [1.807, 2.05) is 0 Å². The van der Waals surface area contributed by atoms with Gasteiger partial charge in [0.1, 0.15) is 11.0 Å². The number of nitrogens with two attached hydrogens (primary N) is 1. The Labute approximate surface area is 108 Å². The first kappa shape index (κ1) is 12.4. The molecular weight excluding hydrogens is 254 g/mol. The number of thiocarbonyl (C=S) groups is 1. The van der Waals surface area contributed by atoms with E-state index in [1.165, 1.54) is 6.20 Å². The Hall–Kier alpha value is -2.09. The van der Waals surface area contributed by atoms with Gasteiger partial charge in [-0.05, 0) is 12.5 Å². The summed E-state index contributed by atoms with van der Waals surface area (Å²) in [4.78, 5) is 22.8. The van der Waals surface area contributed by atoms with Crippen molar-refractivity contribution < 1.29 is 9.59 Å². The van der Waals surface area contributed by atoms with Gasteiger partial charge in [-0.2, -0.15) is 5.10 Å². The topological polar surface area (TPSA) is 110 Å². The minimum absolute atomic E-state index is 0.166. The molecule has 0 aromatic carbocycles. The van der Waals surface area contributed by atoms with Crippen LogP contribution in [0.1, 0.15) is 18.4 Å². The van der Waals surface area contributed by atoms with Crippen molar-refractivity contribution in [3.05, 3.63) is 17.8 Å². The highest BCUT2D eigenvalue weighted by atomic mass is 32.1. The lowest BCUT2D eigenvalue weighted by Crippen LogP contribution is -2.47. The van der Waals surface area contributed by atoms with Gasteiger partial charge in [0.25, 0.3) is 0 Å². The molecule has 0 spiro atoms. The molecule has 1 fully saturated rings. The van der Waals surface area contributed by atoms with Crippen molar-refractivity contribution in [1.29, 1.82) is 0 Å². The van der Waals surface area contributed by atoms with Gasteiger partial charge in [-0.3, -0.25) is 14.9 Å². The minimum atomic E-state index is -0.535. The number of carbonyl (C=O) groups is 2. The normalized spacial score (nSPS) is 19.2. The third kappa shape index (κ3) is 2.59. The Balaban J connectivity index is 2.17. The lowest BCUT2D eigenvalue weighted by molar-refractivity contribution is -0.133. The third-order valence-electron chi connectivity index (χ3n) is 2.54. The molecule has 4 N–H and O–H groups in total. The number of imide groups is 1. The zero-order valence-electron chi connectivity index (χ0n) is 9.34. The number of aromatic nitrogens is 2. The number of nitrogens with zero attached hydrogens (tertiary/aromatic N) is 2. The SMILES string of the molecule is NC(=S)c1ccnnc1NC1CCC(=O)NC1=O. The van der Waals surface area contributed by atoms with E-state index >= 15 is 0 Å². The molecule has 0 radical (unpaired) electrons. The molecule has 8 heteroatoms. The monoisotopic (exact) mass is 265 g/mol. The molecule has 1 saturated heterocycles. The second-order valence-electron chi connectivity index (χ2n) is 3.81. The number of anilines is 1. The number of nitrogens with one attached hydrogen (secondary N) is 2. The van der Waals surface area contributed by atoms with Gasteiger partial charge < -0.3 is 11.1 Å². The molecule has 2 amide bonds. The van der Waals surface area contributed by atoms with Crippen LogP contribution in [0.25, 0.3) is 0 Å². The van der Waals surface area contributed by atoms with Crippen LogP contribution in [-0.2, 0) is 9.59 Å². The zero-order chi connectivity index (χ0) is 13.1. The highest BCUT2D eigenvalue weighted by Crippen LogP contribution is 2.15. The Morgan fingerprint density at radius 3 is 3.00 bits per heavy atom. The van der Waals surface area contributed by atoms with Crippen LogP contribution in [0.15, 0.2) is 12.3 Å². The zero-order valence-corrected chi connectivity index (χ0v) is 10.2. The number of rotatable bonds is 3. The predicted octanol–water partition coefficient (Wildman–Crippen LogP) is -0.672. The van der Waals surface area contributed by atoms with E-state index in [0.29, 0.717) is 17.8 Å². The minimum Gasteiger partial charge on any atom is -0.389 e. The van der Waals surface area contributed by atoms with Crippen molar-refractivity contribution in [3.8, 4) is 0 Å². The van der Waals surface area contributed by atoms with E-state index in [9.17, 15) is 9.59 Å². The first-order chi connectivity index (χ1) is 8.58. The Morgan fingerprint density at radius 2 is 2.33 bits per heavy atom. The summed E-state index contributed by atoms with van der Waals surface area (Å²) in [6.45, 7) is 0. The lowest BCUT2D eigenvalue weighted by atomic mass is 10.1. The molecule has 1 aliphatic rings. The molecule has 94 valence electrons. The van der Waals surface area contributed by atoms with E-state index in [2.05, 4.69) is 20.8 Å². The molecule has 1 atom stereocenters. The van der Waals surface area contributed by atoms with Crippen LogP contribution >= 0.6 is 12.2 Å². The van der Waals surface area contributed by atoms with Gasteiger partial charge in [-0.25, -0.2) is 0 Å². The molecule has 18 heavy (non-hydrogen) atoms. The fourth-order valence-corrected chi connectivity index (χ4v) is 1.80. The standard InChI is InChI=1S/C10H11N5O2S/c11-8(18)5-3-4-12-15-9(5)13-6-1-2-7(16)14-10(6)17/h3-4,6H,1-2H2,(H2,11,18)(H,13,15)(H,14,16,17). The van der Waals surface area contributed by atoms with Crippen molar-refractivity contribution in [3.63, 3.8) is 0 Å². The van der Waals surface area contributed by atoms with Gasteiger partial charge in [0.05, 0.1) is 11.8 Å². The molecule has 0 saturated carbocycles. The maximum atomic E-state index is 11.6. The van der Waals surface area contributed by atoms with Crippen LogP contribution in [0.5, 0.6) is 0 Å². The quantitative estimate of drug-likeness (QED) is 0.491. The summed E-state index contributed by atoms with van der Waals surface area (Å²) in [5.74, 6) is -0.308. The number of hydrogen-bond acceptors (Lipinski definition) is 6. The van der Waals surface area contributed by atoms with E-state index < -0.39 is 6.04 Å². The van der Waals surface area contributed by atoms with Crippen LogP contribution in [0.4, 0.5) is 5.82 Å². The molecule has 2 rings (SSSR count). The van der Waals surface area contributed by atoms with Crippen LogP contribution in [-0.4, -0.2) is 33.0 Å². The number of amides is 2. The van der Waals surface area contributed by atoms with Gasteiger partial charge in [-0.15, -0.1) is 5.10 Å². The van der Waals surface area contributed by atoms with Gasteiger partial charge >= 0.3 is 0 Å². The van der Waals surface area contributed by atoms with Gasteiger partial charge in [-0.1, -0.05) is 12.2 Å². The number of piperidine rings is 1. The Kier molecular flexibility index (Phi) is 3.47. The van der Waals surface area contributed by atoms with Crippen LogP contribution in [0.3, 0.4) is 0 Å². The van der Waals surface area contributed by atoms with Gasteiger partial charge in [0.15, 0.2) is 5.82 Å². The molecule has 1 aromatic heterocycles. The Bertz CT molecular complexity index is 519. The maximum absolute atomic E-state index is 11.6. The van der Waals surface area contributed by atoms with Crippen LogP contribution < -0.4 is 16.4 Å². The van der Waals surface area contributed by atoms with Gasteiger partial charge in [0.2, 0.25) is 11.8 Å². The molecule has 1 aliphatic heterocycles. The second-order valence-corrected chi connectivity index (χ2v) is 4.25. The fraction of sp³-hybridized carbons (Fsp3) is 0.300. The van der Waals surface area contributed by atoms with Gasteiger partial charge in [0, 0.05) is 6.42 Å². The summed E-state index contributed by atoms with van der Waals surface area (Å²) in [6.07, 6.45) is 2.15. The highest BCUT2D eigenvalue weighted by Gasteiger charge is 2.27. The first-order valence-electron chi connectivity index (χ1n) is 5.29. The largest absolute Gasteiger partial charge is 0.389 e. The van der Waals surface area contributed by atoms with Crippen molar-refractivity contribution in [2.45, 2.75) is 18.9 Å². The number of carbonyl (C=O) groups excluding carboxylic acids is 2. The molecule has 1 aromatic rings. The molecule has 0 bridgehead atoms. The summed E-state index contributed by atoms with van der Waals surface area (Å²) >= 11 is 4.88. The van der Waals surface area contributed by atoms with Crippen molar-refractivity contribution in [2.75, 3.05) is 5.32 Å². The van der Waals surface area contributed by atoms with E-state index in [1.54, 1.807) is 6.07 Å². The predicted molar refractivity (Wildman–Crippen MR) is 67.7 cm³/mol. The van der Waals surface area contributed by atoms with Crippen LogP contribution in [0, 0.1) is 0 Å². The summed E-state index contributed by atoms with van der Waals surface area (Å²) in [5, 5.41) is 12.7. The van der Waals surface area contributed by atoms with Crippen molar-refractivity contribution in [1.82, 2.24) is 15.5 Å². The molecule has 1 unspecified atom stereocenters. The molecular formula is C10H11N5O2S. The summed E-state index contributed by atoms with van der Waals surface area (Å²) in [6, 6.07) is 1.08. The second kappa shape index (κ2) is 5.05. The van der Waals surface area contributed by atoms with E-state index in [0.717, 1.165) is 0 Å². The molecule has 2 heterocycles. The highest BCUT2D eigenvalue weighted by molar-refractivity contribution is 7.80. The van der Waals surface area contributed by atoms with E-state index in [-0.39, 0.29) is 23.2 Å². The summed E-state index contributed by atoms with van der Waals surface area (Å²) < 4.78 is 0. The number of hydrogen-bond donors (Lipinski definition) is 3. The summed E-state index contributed by atoms with van der Waals surface area (Å²) in [5.41, 5.74) is 6.06. The molecule has 0 aliphatic carbocycles. The van der Waals surface area contributed by atoms with Crippen LogP contribution in [0.2, 0.25) is 0 Å². The van der Waals surface area contributed by atoms with Crippen molar-refractivity contribution in [2.24, 2.45) is 5.73 Å². The first-order valence-corrected chi connectivity index (χ1v) is 5.70. The van der Waals surface area contributed by atoms with E-state index in [4.69, 9.17) is 18.0 Å².